The summed E-state index contributed by atoms with van der Waals surface area (Å²) in [6, 6.07) is 3.46. The van der Waals surface area contributed by atoms with Gasteiger partial charge in [0.1, 0.15) is 0 Å². The number of carbonyl (C=O) groups excluding carboxylic acids is 2. The fourth-order valence-electron chi connectivity index (χ4n) is 1.36. The van der Waals surface area contributed by atoms with Crippen molar-refractivity contribution in [2.75, 3.05) is 0 Å². The number of hydrogen-bond acceptors (Lipinski definition) is 2. The largest absolute Gasteiger partial charge is 0.376 e. The average Bonchev–Trinajstić information content (AvgIpc) is 2.20. The number of Topliss-reactive ketones (excluding diaryl/α,β-unsaturated/α-hetero) is 2. The summed E-state index contributed by atoms with van der Waals surface area (Å²) in [5.74, 6) is -6.45. The molecule has 0 atom stereocenters. The summed E-state index contributed by atoms with van der Waals surface area (Å²) >= 11 is 0. The van der Waals surface area contributed by atoms with Crippen molar-refractivity contribution in [3.63, 3.8) is 0 Å². The third kappa shape index (κ3) is 0.982. The molecule has 0 aromatic carbocycles. The zero-order valence-electron chi connectivity index (χ0n) is 6.98. The van der Waals surface area contributed by atoms with Crippen molar-refractivity contribution < 1.29 is 22.9 Å². The molecule has 1 aliphatic carbocycles. The van der Waals surface area contributed by atoms with E-state index in [1.165, 1.54) is 17.0 Å². The second-order valence-corrected chi connectivity index (χ2v) is 3.03. The number of alkyl halides is 2. The van der Waals surface area contributed by atoms with Gasteiger partial charge in [-0.15, -0.1) is 0 Å². The number of rotatable bonds is 1. The van der Waals surface area contributed by atoms with Crippen LogP contribution in [0.3, 0.4) is 0 Å². The molecule has 0 N–H and O–H groups in total. The monoisotopic (exact) mass is 198 g/mol. The molecule has 1 aromatic heterocycles. The summed E-state index contributed by atoms with van der Waals surface area (Å²) < 4.78 is 26.3. The van der Waals surface area contributed by atoms with Gasteiger partial charge in [-0.05, 0) is 0 Å². The number of pyridine rings is 1. The summed E-state index contributed by atoms with van der Waals surface area (Å²) in [5, 5.41) is 0. The molecule has 0 bridgehead atoms. The Bertz CT molecular complexity index is 385. The van der Waals surface area contributed by atoms with E-state index in [1.807, 2.05) is 0 Å². The lowest BCUT2D eigenvalue weighted by Gasteiger charge is -2.26. The Balaban J connectivity index is 2.33. The number of hydrogen-bond donors (Lipinski definition) is 0. The van der Waals surface area contributed by atoms with E-state index in [2.05, 4.69) is 0 Å². The first-order chi connectivity index (χ1) is 6.55. The molecule has 14 heavy (non-hydrogen) atoms. The van der Waals surface area contributed by atoms with Crippen LogP contribution < -0.4 is 4.57 Å². The second-order valence-electron chi connectivity index (χ2n) is 3.03. The van der Waals surface area contributed by atoms with E-state index in [1.54, 1.807) is 18.2 Å². The zero-order chi connectivity index (χ0) is 10.3. The standard InChI is InChI=1S/C9H6F2NO2/c10-9(11)7(13)6(8(9)14)12-4-2-1-3-5-12/h1-6H/q+1. The predicted octanol–water partition coefficient (Wildman–Crippen LogP) is 0.302. The van der Waals surface area contributed by atoms with Crippen LogP contribution in [0, 0.1) is 0 Å². The van der Waals surface area contributed by atoms with E-state index < -0.39 is 23.5 Å². The topological polar surface area (TPSA) is 38.0 Å². The van der Waals surface area contributed by atoms with Crippen LogP contribution >= 0.6 is 0 Å². The Morgan fingerprint density at radius 2 is 1.57 bits per heavy atom. The van der Waals surface area contributed by atoms with E-state index in [-0.39, 0.29) is 0 Å². The van der Waals surface area contributed by atoms with Crippen molar-refractivity contribution in [2.24, 2.45) is 0 Å². The molecule has 0 saturated heterocycles. The van der Waals surface area contributed by atoms with Crippen LogP contribution in [0.4, 0.5) is 8.78 Å². The lowest BCUT2D eigenvalue weighted by Crippen LogP contribution is -2.67. The van der Waals surface area contributed by atoms with Crippen LogP contribution in [-0.2, 0) is 9.59 Å². The summed E-state index contributed by atoms with van der Waals surface area (Å²) in [6.07, 6.45) is 2.82. The SMILES string of the molecule is O=C1C([n+]2ccccc2)C(=O)C1(F)F. The summed E-state index contributed by atoms with van der Waals surface area (Å²) in [5.41, 5.74) is 0. The average molecular weight is 198 g/mol. The molecule has 2 rings (SSSR count). The van der Waals surface area contributed by atoms with E-state index in [0.717, 1.165) is 0 Å². The Morgan fingerprint density at radius 3 is 2.07 bits per heavy atom. The molecule has 0 spiro atoms. The van der Waals surface area contributed by atoms with Gasteiger partial charge in [-0.25, -0.2) is 0 Å². The van der Waals surface area contributed by atoms with Gasteiger partial charge in [-0.1, -0.05) is 6.07 Å². The number of halogens is 2. The molecule has 1 fully saturated rings. The molecule has 0 aliphatic heterocycles. The first-order valence-corrected chi connectivity index (χ1v) is 3.97. The Kier molecular flexibility index (Phi) is 1.70. The number of aromatic nitrogens is 1. The molecule has 0 unspecified atom stereocenters. The van der Waals surface area contributed by atoms with Crippen LogP contribution in [-0.4, -0.2) is 17.5 Å². The van der Waals surface area contributed by atoms with Gasteiger partial charge in [0.2, 0.25) is 0 Å². The second kappa shape index (κ2) is 2.67. The van der Waals surface area contributed by atoms with Crippen LogP contribution in [0.15, 0.2) is 30.6 Å². The van der Waals surface area contributed by atoms with Crippen LogP contribution in [0.1, 0.15) is 6.04 Å². The van der Waals surface area contributed by atoms with Crippen LogP contribution in [0.25, 0.3) is 0 Å². The molecular formula is C9H6F2NO2+. The normalized spacial score (nSPS) is 20.7. The number of nitrogens with zero attached hydrogens (tertiary/aromatic N) is 1. The Hall–Kier alpha value is -1.65. The third-order valence-electron chi connectivity index (χ3n) is 2.15. The smallest absolute Gasteiger partial charge is 0.284 e. The van der Waals surface area contributed by atoms with Crippen molar-refractivity contribution in [3.8, 4) is 0 Å². The van der Waals surface area contributed by atoms with Gasteiger partial charge in [0, 0.05) is 12.1 Å². The molecule has 3 nitrogen and oxygen atoms in total. The molecule has 72 valence electrons. The highest BCUT2D eigenvalue weighted by atomic mass is 19.3. The molecule has 1 aromatic rings. The van der Waals surface area contributed by atoms with Crippen LogP contribution in [0.2, 0.25) is 0 Å². The van der Waals surface area contributed by atoms with E-state index >= 15 is 0 Å². The van der Waals surface area contributed by atoms with E-state index in [0.29, 0.717) is 0 Å². The van der Waals surface area contributed by atoms with Gasteiger partial charge in [0.15, 0.2) is 12.4 Å². The van der Waals surface area contributed by atoms with Gasteiger partial charge in [0.05, 0.1) is 0 Å². The third-order valence-corrected chi connectivity index (χ3v) is 2.15. The first-order valence-electron chi connectivity index (χ1n) is 3.97. The van der Waals surface area contributed by atoms with Crippen LogP contribution in [0.5, 0.6) is 0 Å². The van der Waals surface area contributed by atoms with Gasteiger partial charge in [-0.3, -0.25) is 9.59 Å². The quantitative estimate of drug-likeness (QED) is 0.481. The minimum Gasteiger partial charge on any atom is -0.284 e. The first kappa shape index (κ1) is 8.93. The minimum atomic E-state index is -3.78. The molecule has 1 heterocycles. The van der Waals surface area contributed by atoms with E-state index in [4.69, 9.17) is 0 Å². The number of carbonyl (C=O) groups is 2. The molecular weight excluding hydrogens is 192 g/mol. The summed E-state index contributed by atoms with van der Waals surface area (Å²) in [4.78, 5) is 21.8. The molecule has 1 saturated carbocycles. The Labute approximate surface area is 78.0 Å². The van der Waals surface area contributed by atoms with Gasteiger partial charge >= 0.3 is 5.92 Å². The zero-order valence-corrected chi connectivity index (χ0v) is 6.98. The molecule has 0 amide bonds. The van der Waals surface area contributed by atoms with Crippen molar-refractivity contribution in [1.29, 1.82) is 0 Å². The molecule has 5 heteroatoms. The van der Waals surface area contributed by atoms with Crippen molar-refractivity contribution in [2.45, 2.75) is 12.0 Å². The number of ketones is 2. The van der Waals surface area contributed by atoms with Gasteiger partial charge in [-0.2, -0.15) is 13.3 Å². The summed E-state index contributed by atoms with van der Waals surface area (Å²) in [7, 11) is 0. The highest BCUT2D eigenvalue weighted by molar-refractivity contribution is 6.29. The highest BCUT2D eigenvalue weighted by Crippen LogP contribution is 2.34. The van der Waals surface area contributed by atoms with Crippen molar-refractivity contribution in [3.05, 3.63) is 30.6 Å². The van der Waals surface area contributed by atoms with Crippen molar-refractivity contribution >= 4 is 11.6 Å². The van der Waals surface area contributed by atoms with Crippen molar-refractivity contribution in [1.82, 2.24) is 0 Å². The molecule has 1 aliphatic rings. The minimum absolute atomic E-state index is 1.18. The van der Waals surface area contributed by atoms with Gasteiger partial charge < -0.3 is 0 Å². The lowest BCUT2D eigenvalue weighted by molar-refractivity contribution is -0.701. The highest BCUT2D eigenvalue weighted by Gasteiger charge is 2.70. The fraction of sp³-hybridized carbons (Fsp3) is 0.222. The maximum absolute atomic E-state index is 12.5. The lowest BCUT2D eigenvalue weighted by atomic mass is 9.84. The van der Waals surface area contributed by atoms with Gasteiger partial charge in [0.25, 0.3) is 17.6 Å². The maximum Gasteiger partial charge on any atom is 0.376 e. The maximum atomic E-state index is 12.5. The van der Waals surface area contributed by atoms with E-state index in [9.17, 15) is 18.4 Å². The Morgan fingerprint density at radius 1 is 1.07 bits per heavy atom. The predicted molar refractivity (Wildman–Crippen MR) is 40.6 cm³/mol. The molecule has 0 radical (unpaired) electrons. The fourth-order valence-corrected chi connectivity index (χ4v) is 1.36. The summed E-state index contributed by atoms with van der Waals surface area (Å²) in [6.45, 7) is 0.